The van der Waals surface area contributed by atoms with Crippen LogP contribution >= 0.6 is 11.6 Å². The molecule has 0 amide bonds. The molecule has 1 aromatic carbocycles. The SMILES string of the molecule is CCCS(=O)(=O)CCCOc1cc(OC)ccc1Cl. The van der Waals surface area contributed by atoms with Gasteiger partial charge < -0.3 is 9.47 Å². The van der Waals surface area contributed by atoms with Crippen molar-refractivity contribution < 1.29 is 17.9 Å². The first-order valence-corrected chi connectivity index (χ1v) is 8.35. The monoisotopic (exact) mass is 306 g/mol. The number of hydrogen-bond acceptors (Lipinski definition) is 4. The third-order valence-electron chi connectivity index (χ3n) is 2.51. The van der Waals surface area contributed by atoms with Crippen LogP contribution in [0.2, 0.25) is 5.02 Å². The van der Waals surface area contributed by atoms with E-state index < -0.39 is 9.84 Å². The van der Waals surface area contributed by atoms with Gasteiger partial charge in [-0.2, -0.15) is 0 Å². The zero-order valence-electron chi connectivity index (χ0n) is 11.2. The topological polar surface area (TPSA) is 52.6 Å². The van der Waals surface area contributed by atoms with Gasteiger partial charge in [-0.3, -0.25) is 0 Å². The zero-order valence-corrected chi connectivity index (χ0v) is 12.8. The molecule has 0 heterocycles. The van der Waals surface area contributed by atoms with Gasteiger partial charge in [0.05, 0.1) is 24.5 Å². The molecule has 6 heteroatoms. The fraction of sp³-hybridized carbons (Fsp3) is 0.538. The van der Waals surface area contributed by atoms with E-state index in [0.717, 1.165) is 0 Å². The minimum Gasteiger partial charge on any atom is -0.497 e. The Morgan fingerprint density at radius 3 is 2.63 bits per heavy atom. The number of sulfone groups is 1. The van der Waals surface area contributed by atoms with Crippen molar-refractivity contribution in [3.63, 3.8) is 0 Å². The number of ether oxygens (including phenoxy) is 2. The van der Waals surface area contributed by atoms with Gasteiger partial charge in [0.15, 0.2) is 0 Å². The number of benzene rings is 1. The lowest BCUT2D eigenvalue weighted by Crippen LogP contribution is -2.13. The van der Waals surface area contributed by atoms with Gasteiger partial charge in [-0.1, -0.05) is 18.5 Å². The lowest BCUT2D eigenvalue weighted by atomic mass is 10.3. The molecule has 0 aliphatic heterocycles. The maximum absolute atomic E-state index is 11.5. The van der Waals surface area contributed by atoms with Crippen molar-refractivity contribution in [3.05, 3.63) is 23.2 Å². The lowest BCUT2D eigenvalue weighted by molar-refractivity contribution is 0.315. The minimum absolute atomic E-state index is 0.141. The second-order valence-electron chi connectivity index (χ2n) is 4.15. The van der Waals surface area contributed by atoms with Gasteiger partial charge >= 0.3 is 0 Å². The third kappa shape index (κ3) is 5.70. The van der Waals surface area contributed by atoms with Crippen LogP contribution in [-0.2, 0) is 9.84 Å². The van der Waals surface area contributed by atoms with Crippen LogP contribution < -0.4 is 9.47 Å². The van der Waals surface area contributed by atoms with Crippen LogP contribution in [0.15, 0.2) is 18.2 Å². The summed E-state index contributed by atoms with van der Waals surface area (Å²) in [5, 5.41) is 0.484. The second-order valence-corrected chi connectivity index (χ2v) is 6.86. The highest BCUT2D eigenvalue weighted by Gasteiger charge is 2.09. The van der Waals surface area contributed by atoms with Crippen molar-refractivity contribution in [1.82, 2.24) is 0 Å². The molecule has 0 radical (unpaired) electrons. The van der Waals surface area contributed by atoms with Crippen molar-refractivity contribution in [2.45, 2.75) is 19.8 Å². The Morgan fingerprint density at radius 2 is 2.00 bits per heavy atom. The van der Waals surface area contributed by atoms with Crippen LogP contribution in [-0.4, -0.2) is 33.6 Å². The molecule has 0 unspecified atom stereocenters. The molecule has 0 spiro atoms. The third-order valence-corrected chi connectivity index (χ3v) is 4.76. The second kappa shape index (κ2) is 7.60. The fourth-order valence-electron chi connectivity index (χ4n) is 1.60. The summed E-state index contributed by atoms with van der Waals surface area (Å²) >= 11 is 5.97. The maximum Gasteiger partial charge on any atom is 0.150 e. The largest absolute Gasteiger partial charge is 0.497 e. The summed E-state index contributed by atoms with van der Waals surface area (Å²) in [5.74, 6) is 1.53. The Balaban J connectivity index is 2.45. The Hall–Kier alpha value is -0.940. The van der Waals surface area contributed by atoms with Gasteiger partial charge in [-0.05, 0) is 25.0 Å². The molecule has 0 aliphatic rings. The fourth-order valence-corrected chi connectivity index (χ4v) is 3.15. The summed E-state index contributed by atoms with van der Waals surface area (Å²) in [6, 6.07) is 5.10. The van der Waals surface area contributed by atoms with Crippen molar-refractivity contribution in [2.24, 2.45) is 0 Å². The average molecular weight is 307 g/mol. The first kappa shape index (κ1) is 16.1. The molecule has 0 atom stereocenters. The van der Waals surface area contributed by atoms with E-state index in [-0.39, 0.29) is 11.5 Å². The average Bonchev–Trinajstić information content (AvgIpc) is 2.36. The van der Waals surface area contributed by atoms with E-state index in [0.29, 0.717) is 36.0 Å². The van der Waals surface area contributed by atoms with E-state index >= 15 is 0 Å². The van der Waals surface area contributed by atoms with Crippen molar-refractivity contribution in [1.29, 1.82) is 0 Å². The Morgan fingerprint density at radius 1 is 1.26 bits per heavy atom. The predicted octanol–water partition coefficient (Wildman–Crippen LogP) is 2.94. The number of methoxy groups -OCH3 is 1. The van der Waals surface area contributed by atoms with E-state index in [2.05, 4.69) is 0 Å². The van der Waals surface area contributed by atoms with E-state index in [1.807, 2.05) is 6.92 Å². The van der Waals surface area contributed by atoms with Crippen molar-refractivity contribution >= 4 is 21.4 Å². The number of hydrogen-bond donors (Lipinski definition) is 0. The van der Waals surface area contributed by atoms with E-state index in [1.165, 1.54) is 0 Å². The van der Waals surface area contributed by atoms with Crippen LogP contribution in [0.25, 0.3) is 0 Å². The van der Waals surface area contributed by atoms with E-state index in [4.69, 9.17) is 21.1 Å². The summed E-state index contributed by atoms with van der Waals surface area (Å²) < 4.78 is 33.6. The summed E-state index contributed by atoms with van der Waals surface area (Å²) in [6.45, 7) is 2.17. The van der Waals surface area contributed by atoms with Crippen molar-refractivity contribution in [3.8, 4) is 11.5 Å². The van der Waals surface area contributed by atoms with Crippen molar-refractivity contribution in [2.75, 3.05) is 25.2 Å². The Labute approximate surface area is 119 Å². The quantitative estimate of drug-likeness (QED) is 0.693. The van der Waals surface area contributed by atoms with Gasteiger partial charge in [-0.25, -0.2) is 8.42 Å². The molecular weight excluding hydrogens is 288 g/mol. The molecule has 0 aliphatic carbocycles. The molecule has 19 heavy (non-hydrogen) atoms. The molecule has 1 rings (SSSR count). The summed E-state index contributed by atoms with van der Waals surface area (Å²) in [4.78, 5) is 0. The summed E-state index contributed by atoms with van der Waals surface area (Å²) in [7, 11) is -1.39. The molecule has 0 fully saturated rings. The van der Waals surface area contributed by atoms with Gasteiger partial charge in [0, 0.05) is 11.8 Å². The summed E-state index contributed by atoms with van der Waals surface area (Å²) in [5.41, 5.74) is 0. The minimum atomic E-state index is -2.95. The number of halogens is 1. The van der Waals surface area contributed by atoms with Gasteiger partial charge in [0.1, 0.15) is 21.3 Å². The molecule has 108 valence electrons. The molecule has 0 saturated heterocycles. The lowest BCUT2D eigenvalue weighted by Gasteiger charge is -2.09. The Kier molecular flexibility index (Phi) is 6.45. The molecule has 0 bridgehead atoms. The van der Waals surface area contributed by atoms with E-state index in [1.54, 1.807) is 25.3 Å². The van der Waals surface area contributed by atoms with Gasteiger partial charge in [-0.15, -0.1) is 0 Å². The standard InChI is InChI=1S/C13H19ClO4S/c1-3-8-19(15,16)9-4-7-18-13-10-11(17-2)5-6-12(13)14/h5-6,10H,3-4,7-9H2,1-2H3. The highest BCUT2D eigenvalue weighted by molar-refractivity contribution is 7.91. The highest BCUT2D eigenvalue weighted by Crippen LogP contribution is 2.28. The predicted molar refractivity (Wildman–Crippen MR) is 77.1 cm³/mol. The van der Waals surface area contributed by atoms with Crippen LogP contribution in [0, 0.1) is 0 Å². The van der Waals surface area contributed by atoms with Crippen LogP contribution in [0.5, 0.6) is 11.5 Å². The molecular formula is C13H19ClO4S. The smallest absolute Gasteiger partial charge is 0.150 e. The first-order chi connectivity index (χ1) is 8.98. The van der Waals surface area contributed by atoms with Gasteiger partial charge in [0.25, 0.3) is 0 Å². The number of rotatable bonds is 8. The van der Waals surface area contributed by atoms with Crippen LogP contribution in [0.1, 0.15) is 19.8 Å². The van der Waals surface area contributed by atoms with Crippen LogP contribution in [0.3, 0.4) is 0 Å². The zero-order chi connectivity index (χ0) is 14.3. The highest BCUT2D eigenvalue weighted by atomic mass is 35.5. The van der Waals surface area contributed by atoms with Crippen LogP contribution in [0.4, 0.5) is 0 Å². The molecule has 0 aromatic heterocycles. The molecule has 4 nitrogen and oxygen atoms in total. The maximum atomic E-state index is 11.5. The van der Waals surface area contributed by atoms with Gasteiger partial charge in [0.2, 0.25) is 0 Å². The molecule has 0 N–H and O–H groups in total. The summed E-state index contributed by atoms with van der Waals surface area (Å²) in [6.07, 6.45) is 1.10. The molecule has 0 saturated carbocycles. The normalized spacial score (nSPS) is 11.3. The Bertz CT molecular complexity index is 499. The first-order valence-electron chi connectivity index (χ1n) is 6.15. The molecule has 1 aromatic rings. The van der Waals surface area contributed by atoms with E-state index in [9.17, 15) is 8.42 Å².